The van der Waals surface area contributed by atoms with Crippen LogP contribution in [-0.2, 0) is 4.74 Å². The van der Waals surface area contributed by atoms with Crippen LogP contribution in [0.25, 0.3) is 0 Å². The lowest BCUT2D eigenvalue weighted by atomic mass is 9.75. The van der Waals surface area contributed by atoms with Crippen molar-refractivity contribution in [3.63, 3.8) is 0 Å². The zero-order valence-corrected chi connectivity index (χ0v) is 16.4. The number of amides is 1. The van der Waals surface area contributed by atoms with Gasteiger partial charge in [0, 0.05) is 38.3 Å². The minimum absolute atomic E-state index is 0.0802. The second-order valence-electron chi connectivity index (χ2n) is 8.04. The van der Waals surface area contributed by atoms with Crippen LogP contribution >= 0.6 is 0 Å². The Hall–Kier alpha value is -1.79. The van der Waals surface area contributed by atoms with Crippen molar-refractivity contribution in [1.82, 2.24) is 9.80 Å². The minimum atomic E-state index is 0.0802. The average Bonchev–Trinajstić information content (AvgIpc) is 2.90. The van der Waals surface area contributed by atoms with Crippen LogP contribution in [0.15, 0.2) is 18.2 Å². The number of nitrogens with zero attached hydrogens (tertiary/aromatic N) is 2. The van der Waals surface area contributed by atoms with E-state index < -0.39 is 0 Å². The number of likely N-dealkylation sites (N-methyl/N-ethyl adjacent to an activating group) is 1. The normalized spacial score (nSPS) is 24.4. The van der Waals surface area contributed by atoms with Gasteiger partial charge < -0.3 is 19.1 Å². The van der Waals surface area contributed by atoms with Crippen LogP contribution in [0, 0.1) is 5.92 Å². The van der Waals surface area contributed by atoms with Gasteiger partial charge in [0.25, 0.3) is 5.91 Å². The van der Waals surface area contributed by atoms with Crippen molar-refractivity contribution >= 4 is 5.91 Å². The van der Waals surface area contributed by atoms with E-state index in [4.69, 9.17) is 14.2 Å². The molecule has 1 atom stereocenters. The molecule has 1 unspecified atom stereocenters. The molecule has 3 aliphatic rings. The fourth-order valence-electron chi connectivity index (χ4n) is 4.49. The molecular formula is C21H30N2O4. The lowest BCUT2D eigenvalue weighted by Crippen LogP contribution is -2.72. The number of carbonyl (C=O) groups is 1. The highest BCUT2D eigenvalue weighted by Crippen LogP contribution is 2.39. The molecule has 6 heteroatoms. The summed E-state index contributed by atoms with van der Waals surface area (Å²) in [4.78, 5) is 17.4. The van der Waals surface area contributed by atoms with Gasteiger partial charge in [0.15, 0.2) is 11.5 Å². The summed E-state index contributed by atoms with van der Waals surface area (Å²) in [6.45, 7) is 7.59. The van der Waals surface area contributed by atoms with Gasteiger partial charge in [0.1, 0.15) is 0 Å². The van der Waals surface area contributed by atoms with E-state index >= 15 is 0 Å². The molecule has 1 aromatic rings. The van der Waals surface area contributed by atoms with E-state index in [1.54, 1.807) is 0 Å². The van der Waals surface area contributed by atoms with Crippen LogP contribution in [0.5, 0.6) is 11.5 Å². The molecule has 0 bridgehead atoms. The number of hydrogen-bond donors (Lipinski definition) is 0. The second-order valence-corrected chi connectivity index (χ2v) is 8.04. The fourth-order valence-corrected chi connectivity index (χ4v) is 4.49. The van der Waals surface area contributed by atoms with Crippen LogP contribution in [-0.4, -0.2) is 74.4 Å². The molecule has 6 nitrogen and oxygen atoms in total. The number of fused-ring (bicyclic) bond motifs is 1. The summed E-state index contributed by atoms with van der Waals surface area (Å²) in [6.07, 6.45) is 3.14. The molecular weight excluding hydrogens is 344 g/mol. The largest absolute Gasteiger partial charge is 0.490 e. The lowest BCUT2D eigenvalue weighted by Gasteiger charge is -2.58. The van der Waals surface area contributed by atoms with Gasteiger partial charge in [0.2, 0.25) is 0 Å². The molecule has 3 aliphatic heterocycles. The molecule has 1 amide bonds. The van der Waals surface area contributed by atoms with Gasteiger partial charge in [-0.3, -0.25) is 9.69 Å². The van der Waals surface area contributed by atoms with Gasteiger partial charge >= 0.3 is 0 Å². The quantitative estimate of drug-likeness (QED) is 0.810. The summed E-state index contributed by atoms with van der Waals surface area (Å²) >= 11 is 0. The van der Waals surface area contributed by atoms with E-state index in [9.17, 15) is 4.79 Å². The van der Waals surface area contributed by atoms with Gasteiger partial charge in [-0.05, 0) is 57.5 Å². The SMILES string of the molecule is CCOCC1CCN(C)C2(C1)CN(C(=O)c1ccc3c(c1)OCCCO3)C2. The van der Waals surface area contributed by atoms with Gasteiger partial charge in [0.05, 0.1) is 18.8 Å². The Morgan fingerprint density at radius 3 is 2.81 bits per heavy atom. The van der Waals surface area contributed by atoms with E-state index in [0.29, 0.717) is 30.4 Å². The zero-order valence-electron chi connectivity index (χ0n) is 16.4. The standard InChI is InChI=1S/C21H30N2O4/c1-3-25-13-16-7-8-22(2)21(12-16)14-23(15-21)20(24)17-5-6-18-19(11-17)27-10-4-9-26-18/h5-6,11,16H,3-4,7-10,12-15H2,1-2H3. The third-order valence-corrected chi connectivity index (χ3v) is 6.16. The van der Waals surface area contributed by atoms with E-state index in [-0.39, 0.29) is 11.4 Å². The van der Waals surface area contributed by atoms with Crippen LogP contribution in [0.4, 0.5) is 0 Å². The monoisotopic (exact) mass is 374 g/mol. The van der Waals surface area contributed by atoms with Crippen molar-refractivity contribution in [1.29, 1.82) is 0 Å². The molecule has 4 rings (SSSR count). The Labute approximate surface area is 161 Å². The molecule has 148 valence electrons. The van der Waals surface area contributed by atoms with Crippen LogP contribution in [0.1, 0.15) is 36.5 Å². The van der Waals surface area contributed by atoms with Crippen molar-refractivity contribution in [2.75, 3.05) is 53.1 Å². The van der Waals surface area contributed by atoms with Crippen molar-refractivity contribution < 1.29 is 19.0 Å². The Morgan fingerprint density at radius 2 is 2.04 bits per heavy atom. The third kappa shape index (κ3) is 3.65. The number of piperidine rings is 1. The second kappa shape index (κ2) is 7.68. The molecule has 0 radical (unpaired) electrons. The third-order valence-electron chi connectivity index (χ3n) is 6.16. The zero-order chi connectivity index (χ0) is 18.9. The van der Waals surface area contributed by atoms with Gasteiger partial charge in [-0.15, -0.1) is 0 Å². The number of carbonyl (C=O) groups excluding carboxylic acids is 1. The smallest absolute Gasteiger partial charge is 0.254 e. The number of benzene rings is 1. The van der Waals surface area contributed by atoms with Gasteiger partial charge in [-0.25, -0.2) is 0 Å². The Balaban J connectivity index is 1.41. The lowest BCUT2D eigenvalue weighted by molar-refractivity contribution is -0.0751. The number of hydrogen-bond acceptors (Lipinski definition) is 5. The van der Waals surface area contributed by atoms with Crippen LogP contribution < -0.4 is 9.47 Å². The molecule has 0 aliphatic carbocycles. The first-order valence-electron chi connectivity index (χ1n) is 10.1. The predicted octanol–water partition coefficient (Wildman–Crippen LogP) is 2.42. The fraction of sp³-hybridized carbons (Fsp3) is 0.667. The summed E-state index contributed by atoms with van der Waals surface area (Å²) in [5.41, 5.74) is 0.791. The Kier molecular flexibility index (Phi) is 5.28. The highest BCUT2D eigenvalue weighted by Gasteiger charge is 2.51. The molecule has 27 heavy (non-hydrogen) atoms. The van der Waals surface area contributed by atoms with E-state index in [1.807, 2.05) is 30.0 Å². The molecule has 0 N–H and O–H groups in total. The topological polar surface area (TPSA) is 51.2 Å². The minimum Gasteiger partial charge on any atom is -0.490 e. The first-order chi connectivity index (χ1) is 13.1. The molecule has 1 aromatic carbocycles. The Morgan fingerprint density at radius 1 is 1.26 bits per heavy atom. The first kappa shape index (κ1) is 18.6. The van der Waals surface area contributed by atoms with Crippen LogP contribution in [0.3, 0.4) is 0 Å². The van der Waals surface area contributed by atoms with Gasteiger partial charge in [-0.1, -0.05) is 0 Å². The van der Waals surface area contributed by atoms with E-state index in [1.165, 1.54) is 6.42 Å². The molecule has 2 fully saturated rings. The summed E-state index contributed by atoms with van der Waals surface area (Å²) in [7, 11) is 2.19. The molecule has 2 saturated heterocycles. The van der Waals surface area contributed by atoms with Crippen LogP contribution in [0.2, 0.25) is 0 Å². The van der Waals surface area contributed by atoms with E-state index in [2.05, 4.69) is 11.9 Å². The van der Waals surface area contributed by atoms with Crippen molar-refractivity contribution in [2.45, 2.75) is 31.7 Å². The summed E-state index contributed by atoms with van der Waals surface area (Å²) in [6, 6.07) is 5.54. The maximum Gasteiger partial charge on any atom is 0.254 e. The number of rotatable bonds is 4. The predicted molar refractivity (Wildman–Crippen MR) is 103 cm³/mol. The molecule has 0 aromatic heterocycles. The first-order valence-corrected chi connectivity index (χ1v) is 10.1. The summed E-state index contributed by atoms with van der Waals surface area (Å²) in [5, 5.41) is 0. The summed E-state index contributed by atoms with van der Waals surface area (Å²) < 4.78 is 17.0. The Bertz CT molecular complexity index is 685. The highest BCUT2D eigenvalue weighted by molar-refractivity contribution is 5.95. The number of ether oxygens (including phenoxy) is 3. The van der Waals surface area contributed by atoms with Crippen molar-refractivity contribution in [2.24, 2.45) is 5.92 Å². The number of likely N-dealkylation sites (tertiary alicyclic amines) is 2. The molecule has 3 heterocycles. The molecule has 0 saturated carbocycles. The maximum atomic E-state index is 13.0. The average molecular weight is 374 g/mol. The molecule has 1 spiro atoms. The van der Waals surface area contributed by atoms with Crippen molar-refractivity contribution in [3.8, 4) is 11.5 Å². The maximum absolute atomic E-state index is 13.0. The summed E-state index contributed by atoms with van der Waals surface area (Å²) in [5.74, 6) is 2.09. The van der Waals surface area contributed by atoms with Gasteiger partial charge in [-0.2, -0.15) is 0 Å². The highest BCUT2D eigenvalue weighted by atomic mass is 16.5. The van der Waals surface area contributed by atoms with Crippen molar-refractivity contribution in [3.05, 3.63) is 23.8 Å². The van der Waals surface area contributed by atoms with E-state index in [0.717, 1.165) is 51.4 Å².